The maximum absolute atomic E-state index is 12.2. The van der Waals surface area contributed by atoms with Gasteiger partial charge in [0.2, 0.25) is 0 Å². The Morgan fingerprint density at radius 3 is 2.53 bits per heavy atom. The molecule has 0 atom stereocenters. The molecule has 0 N–H and O–H groups in total. The molecular weight excluding hydrogens is 242 g/mol. The zero-order valence-corrected chi connectivity index (χ0v) is 12.0. The molecule has 1 aromatic carbocycles. The Labute approximate surface area is 114 Å². The van der Waals surface area contributed by atoms with Crippen LogP contribution < -0.4 is 9.47 Å². The smallest absolute Gasteiger partial charge is 0.257 e. The molecule has 1 aliphatic carbocycles. The summed E-state index contributed by atoms with van der Waals surface area (Å²) in [5, 5.41) is 0. The van der Waals surface area contributed by atoms with Gasteiger partial charge in [-0.15, -0.1) is 0 Å². The molecule has 104 valence electrons. The summed E-state index contributed by atoms with van der Waals surface area (Å²) in [5.74, 6) is 1.28. The van der Waals surface area contributed by atoms with Crippen molar-refractivity contribution in [2.75, 3.05) is 14.1 Å². The molecule has 0 aromatic heterocycles. The van der Waals surface area contributed by atoms with E-state index in [0.29, 0.717) is 17.4 Å². The fourth-order valence-corrected chi connectivity index (χ4v) is 1.73. The SMILES string of the molecule is CC(C)Oc1ccc(OC2CC2)cc1C(=O)N(C)C. The van der Waals surface area contributed by atoms with Crippen molar-refractivity contribution in [3.05, 3.63) is 23.8 Å². The highest BCUT2D eigenvalue weighted by molar-refractivity contribution is 5.97. The van der Waals surface area contributed by atoms with Gasteiger partial charge < -0.3 is 14.4 Å². The van der Waals surface area contributed by atoms with Gasteiger partial charge in [-0.05, 0) is 44.9 Å². The van der Waals surface area contributed by atoms with E-state index in [-0.39, 0.29) is 12.0 Å². The Morgan fingerprint density at radius 2 is 2.00 bits per heavy atom. The minimum absolute atomic E-state index is 0.0314. The molecule has 19 heavy (non-hydrogen) atoms. The number of nitrogens with zero attached hydrogens (tertiary/aromatic N) is 1. The third kappa shape index (κ3) is 3.63. The number of carbonyl (C=O) groups is 1. The average Bonchev–Trinajstić information content (AvgIpc) is 3.13. The molecule has 0 heterocycles. The van der Waals surface area contributed by atoms with E-state index in [4.69, 9.17) is 9.47 Å². The zero-order chi connectivity index (χ0) is 14.0. The quantitative estimate of drug-likeness (QED) is 0.820. The fourth-order valence-electron chi connectivity index (χ4n) is 1.73. The van der Waals surface area contributed by atoms with E-state index in [2.05, 4.69) is 0 Å². The van der Waals surface area contributed by atoms with Gasteiger partial charge in [0.1, 0.15) is 11.5 Å². The molecule has 2 rings (SSSR count). The van der Waals surface area contributed by atoms with Crippen molar-refractivity contribution in [3.63, 3.8) is 0 Å². The number of rotatable bonds is 5. The third-order valence-corrected chi connectivity index (χ3v) is 2.78. The highest BCUT2D eigenvalue weighted by Gasteiger charge is 2.24. The largest absolute Gasteiger partial charge is 0.490 e. The molecule has 1 aliphatic rings. The summed E-state index contributed by atoms with van der Waals surface area (Å²) in [6, 6.07) is 5.45. The summed E-state index contributed by atoms with van der Waals surface area (Å²) in [4.78, 5) is 13.7. The minimum atomic E-state index is -0.0723. The second kappa shape index (κ2) is 5.51. The predicted molar refractivity (Wildman–Crippen MR) is 73.9 cm³/mol. The molecular formula is C15H21NO3. The first-order chi connectivity index (χ1) is 8.97. The van der Waals surface area contributed by atoms with Gasteiger partial charge >= 0.3 is 0 Å². The summed E-state index contributed by atoms with van der Waals surface area (Å²) in [6.07, 6.45) is 2.55. The molecule has 0 bridgehead atoms. The molecule has 4 nitrogen and oxygen atoms in total. The van der Waals surface area contributed by atoms with Crippen molar-refractivity contribution in [1.82, 2.24) is 4.90 Å². The molecule has 0 aliphatic heterocycles. The van der Waals surface area contributed by atoms with Crippen LogP contribution in [0.5, 0.6) is 11.5 Å². The summed E-state index contributed by atoms with van der Waals surface area (Å²) in [7, 11) is 3.46. The van der Waals surface area contributed by atoms with E-state index >= 15 is 0 Å². The molecule has 4 heteroatoms. The van der Waals surface area contributed by atoms with Crippen molar-refractivity contribution in [2.45, 2.75) is 38.9 Å². The molecule has 1 saturated carbocycles. The second-order valence-corrected chi connectivity index (χ2v) is 5.34. The first-order valence-corrected chi connectivity index (χ1v) is 6.66. The monoisotopic (exact) mass is 263 g/mol. The standard InChI is InChI=1S/C15H21NO3/c1-10(2)18-14-8-7-12(19-11-5-6-11)9-13(14)15(17)16(3)4/h7-11H,5-6H2,1-4H3. The Bertz CT molecular complexity index is 464. The molecule has 1 amide bonds. The van der Waals surface area contributed by atoms with E-state index in [1.165, 1.54) is 0 Å². The van der Waals surface area contributed by atoms with Crippen LogP contribution >= 0.6 is 0 Å². The third-order valence-electron chi connectivity index (χ3n) is 2.78. The van der Waals surface area contributed by atoms with Gasteiger partial charge in [0, 0.05) is 14.1 Å². The highest BCUT2D eigenvalue weighted by atomic mass is 16.5. The van der Waals surface area contributed by atoms with E-state index in [9.17, 15) is 4.79 Å². The topological polar surface area (TPSA) is 38.8 Å². The van der Waals surface area contributed by atoms with Crippen molar-refractivity contribution in [3.8, 4) is 11.5 Å². The van der Waals surface area contributed by atoms with Crippen LogP contribution in [-0.2, 0) is 0 Å². The lowest BCUT2D eigenvalue weighted by atomic mass is 10.1. The van der Waals surface area contributed by atoms with Crippen molar-refractivity contribution in [1.29, 1.82) is 0 Å². The van der Waals surface area contributed by atoms with E-state index in [1.54, 1.807) is 25.1 Å². The highest BCUT2D eigenvalue weighted by Crippen LogP contribution is 2.31. The fraction of sp³-hybridized carbons (Fsp3) is 0.533. The predicted octanol–water partition coefficient (Wildman–Crippen LogP) is 2.72. The van der Waals surface area contributed by atoms with Gasteiger partial charge in [-0.3, -0.25) is 4.79 Å². The van der Waals surface area contributed by atoms with Crippen molar-refractivity contribution < 1.29 is 14.3 Å². The van der Waals surface area contributed by atoms with Crippen LogP contribution in [0.2, 0.25) is 0 Å². The van der Waals surface area contributed by atoms with Crippen LogP contribution in [0.3, 0.4) is 0 Å². The lowest BCUT2D eigenvalue weighted by molar-refractivity contribution is 0.0820. The second-order valence-electron chi connectivity index (χ2n) is 5.34. The maximum atomic E-state index is 12.2. The summed E-state index contributed by atoms with van der Waals surface area (Å²) < 4.78 is 11.4. The number of hydrogen-bond acceptors (Lipinski definition) is 3. The van der Waals surface area contributed by atoms with Crippen LogP contribution in [0.4, 0.5) is 0 Å². The molecule has 0 spiro atoms. The first kappa shape index (κ1) is 13.7. The van der Waals surface area contributed by atoms with Crippen LogP contribution in [0.15, 0.2) is 18.2 Å². The van der Waals surface area contributed by atoms with Crippen LogP contribution in [0, 0.1) is 0 Å². The van der Waals surface area contributed by atoms with Crippen molar-refractivity contribution >= 4 is 5.91 Å². The number of hydrogen-bond donors (Lipinski definition) is 0. The van der Waals surface area contributed by atoms with E-state index < -0.39 is 0 Å². The number of benzene rings is 1. The van der Waals surface area contributed by atoms with Gasteiger partial charge in [-0.25, -0.2) is 0 Å². The molecule has 0 radical (unpaired) electrons. The van der Waals surface area contributed by atoms with Crippen LogP contribution in [0.1, 0.15) is 37.0 Å². The Hall–Kier alpha value is -1.71. The Morgan fingerprint density at radius 1 is 1.32 bits per heavy atom. The average molecular weight is 263 g/mol. The molecule has 0 unspecified atom stereocenters. The van der Waals surface area contributed by atoms with Crippen LogP contribution in [0.25, 0.3) is 0 Å². The van der Waals surface area contributed by atoms with Gasteiger partial charge in [0.15, 0.2) is 0 Å². The molecule has 1 fully saturated rings. The number of carbonyl (C=O) groups excluding carboxylic acids is 1. The van der Waals surface area contributed by atoms with Gasteiger partial charge in [0.25, 0.3) is 5.91 Å². The Kier molecular flexibility index (Phi) is 3.98. The van der Waals surface area contributed by atoms with Gasteiger partial charge in [-0.1, -0.05) is 0 Å². The summed E-state index contributed by atoms with van der Waals surface area (Å²) in [5.41, 5.74) is 0.553. The zero-order valence-electron chi connectivity index (χ0n) is 12.0. The van der Waals surface area contributed by atoms with Gasteiger partial charge in [-0.2, -0.15) is 0 Å². The minimum Gasteiger partial charge on any atom is -0.490 e. The lowest BCUT2D eigenvalue weighted by Crippen LogP contribution is -2.23. The summed E-state index contributed by atoms with van der Waals surface area (Å²) >= 11 is 0. The van der Waals surface area contributed by atoms with E-state index in [1.807, 2.05) is 26.0 Å². The normalized spacial score (nSPS) is 14.4. The first-order valence-electron chi connectivity index (χ1n) is 6.66. The molecule has 0 saturated heterocycles. The maximum Gasteiger partial charge on any atom is 0.257 e. The lowest BCUT2D eigenvalue weighted by Gasteiger charge is -2.18. The van der Waals surface area contributed by atoms with Gasteiger partial charge in [0.05, 0.1) is 17.8 Å². The molecule has 1 aromatic rings. The van der Waals surface area contributed by atoms with E-state index in [0.717, 1.165) is 18.6 Å². The number of ether oxygens (including phenoxy) is 2. The number of amides is 1. The summed E-state index contributed by atoms with van der Waals surface area (Å²) in [6.45, 7) is 3.89. The van der Waals surface area contributed by atoms with Crippen molar-refractivity contribution in [2.24, 2.45) is 0 Å². The van der Waals surface area contributed by atoms with Crippen LogP contribution in [-0.4, -0.2) is 37.1 Å². The Balaban J connectivity index is 2.28.